The van der Waals surface area contributed by atoms with Crippen LogP contribution in [0.4, 0.5) is 0 Å². The van der Waals surface area contributed by atoms with Gasteiger partial charge in [0.25, 0.3) is 0 Å². The van der Waals surface area contributed by atoms with E-state index in [0.29, 0.717) is 23.3 Å². The fraction of sp³-hybridized carbons (Fsp3) is 0.273. The Morgan fingerprint density at radius 2 is 1.80 bits per heavy atom. The Labute approximate surface area is 87.8 Å². The van der Waals surface area contributed by atoms with Gasteiger partial charge in [-0.15, -0.1) is 0 Å². The number of hydrogen-bond acceptors (Lipinski definition) is 4. The van der Waals surface area contributed by atoms with E-state index in [4.69, 9.17) is 9.47 Å². The molecule has 0 bridgehead atoms. The van der Waals surface area contributed by atoms with Crippen LogP contribution in [0.25, 0.3) is 0 Å². The lowest BCUT2D eigenvalue weighted by Crippen LogP contribution is -2.05. The zero-order valence-corrected chi connectivity index (χ0v) is 8.65. The molecule has 0 atom stereocenters. The van der Waals surface area contributed by atoms with Gasteiger partial charge in [0.1, 0.15) is 23.3 Å². The molecule has 0 N–H and O–H groups in total. The van der Waals surface area contributed by atoms with Crippen molar-refractivity contribution in [3.63, 3.8) is 0 Å². The number of rotatable bonds is 5. The number of hydrogen-bond donors (Lipinski definition) is 0. The van der Waals surface area contributed by atoms with Gasteiger partial charge in [0, 0.05) is 0 Å². The van der Waals surface area contributed by atoms with Crippen molar-refractivity contribution in [3.05, 3.63) is 23.8 Å². The van der Waals surface area contributed by atoms with Gasteiger partial charge >= 0.3 is 0 Å². The monoisotopic (exact) mass is 208 g/mol. The lowest BCUT2D eigenvalue weighted by molar-refractivity contribution is -0.107. The lowest BCUT2D eigenvalue weighted by Gasteiger charge is -2.10. The fourth-order valence-electron chi connectivity index (χ4n) is 1.30. The predicted octanol–water partition coefficient (Wildman–Crippen LogP) is 1.48. The molecule has 1 aromatic rings. The first kappa shape index (κ1) is 11.2. The summed E-state index contributed by atoms with van der Waals surface area (Å²) >= 11 is 0. The number of ether oxygens (including phenoxy) is 2. The minimum absolute atomic E-state index is 0.170. The zero-order valence-electron chi connectivity index (χ0n) is 8.65. The molecule has 1 aromatic carbocycles. The van der Waals surface area contributed by atoms with Gasteiger partial charge in [0.05, 0.1) is 20.6 Å². The van der Waals surface area contributed by atoms with Crippen LogP contribution < -0.4 is 9.47 Å². The topological polar surface area (TPSA) is 52.6 Å². The third-order valence-corrected chi connectivity index (χ3v) is 1.98. The van der Waals surface area contributed by atoms with Gasteiger partial charge in [0.15, 0.2) is 5.78 Å². The van der Waals surface area contributed by atoms with Gasteiger partial charge in [-0.2, -0.15) is 0 Å². The molecule has 0 aromatic heterocycles. The van der Waals surface area contributed by atoms with Gasteiger partial charge in [-0.1, -0.05) is 6.07 Å². The molecular formula is C11H12O4. The van der Waals surface area contributed by atoms with Crippen LogP contribution in [-0.4, -0.2) is 26.3 Å². The smallest absolute Gasteiger partial charge is 0.177 e. The van der Waals surface area contributed by atoms with Gasteiger partial charge in [-0.25, -0.2) is 0 Å². The van der Waals surface area contributed by atoms with Crippen LogP contribution >= 0.6 is 0 Å². The number of methoxy groups -OCH3 is 2. The van der Waals surface area contributed by atoms with Crippen molar-refractivity contribution in [1.82, 2.24) is 0 Å². The van der Waals surface area contributed by atoms with Crippen LogP contribution in [0.5, 0.6) is 11.5 Å². The third-order valence-electron chi connectivity index (χ3n) is 1.98. The molecule has 0 heterocycles. The molecule has 4 nitrogen and oxygen atoms in total. The largest absolute Gasteiger partial charge is 0.496 e. The van der Waals surface area contributed by atoms with Crippen molar-refractivity contribution < 1.29 is 19.1 Å². The molecule has 0 aliphatic rings. The van der Waals surface area contributed by atoms with E-state index in [1.807, 2.05) is 0 Å². The molecule has 0 unspecified atom stereocenters. The summed E-state index contributed by atoms with van der Waals surface area (Å²) < 4.78 is 10.1. The van der Waals surface area contributed by atoms with E-state index in [1.165, 1.54) is 14.2 Å². The third kappa shape index (κ3) is 2.34. The normalized spacial score (nSPS) is 9.47. The minimum atomic E-state index is -0.306. The van der Waals surface area contributed by atoms with Crippen LogP contribution in [0.15, 0.2) is 18.2 Å². The highest BCUT2D eigenvalue weighted by molar-refractivity contribution is 6.06. The second-order valence-corrected chi connectivity index (χ2v) is 2.83. The Bertz CT molecular complexity index is 349. The van der Waals surface area contributed by atoms with Gasteiger partial charge in [-0.05, 0) is 12.1 Å². The molecule has 0 fully saturated rings. The fourth-order valence-corrected chi connectivity index (χ4v) is 1.30. The summed E-state index contributed by atoms with van der Waals surface area (Å²) in [6, 6.07) is 5.02. The highest BCUT2D eigenvalue weighted by Gasteiger charge is 2.16. The maximum absolute atomic E-state index is 11.6. The Morgan fingerprint density at radius 1 is 1.27 bits per heavy atom. The predicted molar refractivity (Wildman–Crippen MR) is 54.6 cm³/mol. The number of benzene rings is 1. The van der Waals surface area contributed by atoms with E-state index in [1.54, 1.807) is 18.2 Å². The molecule has 0 spiro atoms. The summed E-state index contributed by atoms with van der Waals surface area (Å²) in [5.74, 6) is 0.529. The maximum Gasteiger partial charge on any atom is 0.177 e. The molecule has 0 aliphatic carbocycles. The van der Waals surface area contributed by atoms with Crippen molar-refractivity contribution in [2.75, 3.05) is 14.2 Å². The molecular weight excluding hydrogens is 196 g/mol. The van der Waals surface area contributed by atoms with Crippen molar-refractivity contribution in [1.29, 1.82) is 0 Å². The molecule has 80 valence electrons. The van der Waals surface area contributed by atoms with E-state index < -0.39 is 0 Å². The van der Waals surface area contributed by atoms with Crippen LogP contribution in [0.3, 0.4) is 0 Å². The standard InChI is InChI=1S/C11H12O4/c1-14-9-4-3-5-10(15-2)11(9)8(13)6-7-12/h3-5,7H,6H2,1-2H3. The summed E-state index contributed by atoms with van der Waals surface area (Å²) in [6.07, 6.45) is 0.394. The first-order valence-corrected chi connectivity index (χ1v) is 4.42. The Hall–Kier alpha value is -1.84. The van der Waals surface area contributed by atoms with Gasteiger partial charge in [0.2, 0.25) is 0 Å². The molecule has 0 aliphatic heterocycles. The Balaban J connectivity index is 3.21. The quantitative estimate of drug-likeness (QED) is 0.418. The average Bonchev–Trinajstić information content (AvgIpc) is 2.28. The van der Waals surface area contributed by atoms with Crippen molar-refractivity contribution in [2.45, 2.75) is 6.42 Å². The summed E-state index contributed by atoms with van der Waals surface area (Å²) in [5, 5.41) is 0. The number of carbonyl (C=O) groups excluding carboxylic acids is 2. The zero-order chi connectivity index (χ0) is 11.3. The molecule has 0 saturated heterocycles. The number of carbonyl (C=O) groups is 2. The van der Waals surface area contributed by atoms with Gasteiger partial charge in [-0.3, -0.25) is 4.79 Å². The van der Waals surface area contributed by atoms with E-state index in [2.05, 4.69) is 0 Å². The maximum atomic E-state index is 11.6. The summed E-state index contributed by atoms with van der Waals surface area (Å²) in [4.78, 5) is 21.9. The molecule has 1 rings (SSSR count). The van der Waals surface area contributed by atoms with E-state index in [9.17, 15) is 9.59 Å². The molecule has 0 saturated carbocycles. The molecule has 4 heteroatoms. The number of Topliss-reactive ketones (excluding diaryl/α,β-unsaturated/α-hetero) is 1. The van der Waals surface area contributed by atoms with Crippen LogP contribution in [0.2, 0.25) is 0 Å². The van der Waals surface area contributed by atoms with E-state index in [-0.39, 0.29) is 12.2 Å². The highest BCUT2D eigenvalue weighted by atomic mass is 16.5. The average molecular weight is 208 g/mol. The van der Waals surface area contributed by atoms with Crippen LogP contribution in [0.1, 0.15) is 16.8 Å². The van der Waals surface area contributed by atoms with Crippen LogP contribution in [0, 0.1) is 0 Å². The Morgan fingerprint density at radius 3 is 2.20 bits per heavy atom. The molecule has 0 amide bonds. The van der Waals surface area contributed by atoms with Gasteiger partial charge < -0.3 is 14.3 Å². The van der Waals surface area contributed by atoms with Crippen molar-refractivity contribution >= 4 is 12.1 Å². The van der Waals surface area contributed by atoms with E-state index in [0.717, 1.165) is 0 Å². The van der Waals surface area contributed by atoms with Crippen molar-refractivity contribution in [3.8, 4) is 11.5 Å². The second kappa shape index (κ2) is 5.14. The van der Waals surface area contributed by atoms with Crippen LogP contribution in [-0.2, 0) is 4.79 Å². The van der Waals surface area contributed by atoms with E-state index >= 15 is 0 Å². The SMILES string of the molecule is COc1cccc(OC)c1C(=O)CC=O. The molecule has 15 heavy (non-hydrogen) atoms. The molecule has 0 radical (unpaired) electrons. The number of ketones is 1. The lowest BCUT2D eigenvalue weighted by atomic mass is 10.1. The number of aldehydes is 1. The second-order valence-electron chi connectivity index (χ2n) is 2.83. The summed E-state index contributed by atoms with van der Waals surface area (Å²) in [7, 11) is 2.93. The van der Waals surface area contributed by atoms with Crippen molar-refractivity contribution in [2.24, 2.45) is 0 Å². The highest BCUT2D eigenvalue weighted by Crippen LogP contribution is 2.28. The summed E-state index contributed by atoms with van der Waals surface area (Å²) in [6.45, 7) is 0. The first-order valence-electron chi connectivity index (χ1n) is 4.42. The summed E-state index contributed by atoms with van der Waals surface area (Å²) in [5.41, 5.74) is 0.314. The minimum Gasteiger partial charge on any atom is -0.496 e. The Kier molecular flexibility index (Phi) is 3.85. The first-order chi connectivity index (χ1) is 7.24.